The number of ether oxygens (including phenoxy) is 1. The van der Waals surface area contributed by atoms with E-state index in [-0.39, 0.29) is 30.5 Å². The Kier molecular flexibility index (Phi) is 4.50. The summed E-state index contributed by atoms with van der Waals surface area (Å²) in [7, 11) is 0. The lowest BCUT2D eigenvalue weighted by Gasteiger charge is -2.44. The van der Waals surface area contributed by atoms with Crippen molar-refractivity contribution in [3.63, 3.8) is 0 Å². The molecule has 2 aliphatic rings. The van der Waals surface area contributed by atoms with Crippen molar-refractivity contribution in [3.8, 4) is 0 Å². The smallest absolute Gasteiger partial charge is 0.416 e. The first-order valence-electron chi connectivity index (χ1n) is 8.81. The first kappa shape index (κ1) is 19.0. The van der Waals surface area contributed by atoms with Gasteiger partial charge in [-0.1, -0.05) is 18.2 Å². The Morgan fingerprint density at radius 3 is 2.19 bits per heavy atom. The molecule has 1 N–H and O–H groups in total. The van der Waals surface area contributed by atoms with Crippen LogP contribution in [0.2, 0.25) is 0 Å². The summed E-state index contributed by atoms with van der Waals surface area (Å²) < 4.78 is 45.6. The van der Waals surface area contributed by atoms with Gasteiger partial charge in [-0.05, 0) is 45.2 Å². The molecular weight excluding hydrogens is 347 g/mol. The molecule has 1 aromatic rings. The van der Waals surface area contributed by atoms with Gasteiger partial charge in [-0.15, -0.1) is 0 Å². The summed E-state index contributed by atoms with van der Waals surface area (Å²) in [6.45, 7) is 5.31. The van der Waals surface area contributed by atoms with Crippen LogP contribution in [0.3, 0.4) is 0 Å². The SMILES string of the molecule is CC(C)(C)OC(=O)N1C2CCC1CC(O)(c1ccccc1C(F)(F)F)C2. The second kappa shape index (κ2) is 6.15. The van der Waals surface area contributed by atoms with E-state index in [0.717, 1.165) is 6.07 Å². The van der Waals surface area contributed by atoms with Crippen LogP contribution in [-0.4, -0.2) is 33.8 Å². The second-order valence-corrected chi connectivity index (χ2v) is 8.26. The quantitative estimate of drug-likeness (QED) is 0.793. The van der Waals surface area contributed by atoms with Gasteiger partial charge in [0, 0.05) is 24.9 Å². The Hall–Kier alpha value is -1.76. The summed E-state index contributed by atoms with van der Waals surface area (Å²) in [6, 6.07) is 4.51. The van der Waals surface area contributed by atoms with Crippen LogP contribution >= 0.6 is 0 Å². The maximum Gasteiger partial charge on any atom is 0.416 e. The van der Waals surface area contributed by atoms with Gasteiger partial charge in [-0.3, -0.25) is 0 Å². The van der Waals surface area contributed by atoms with Crippen LogP contribution in [0.25, 0.3) is 0 Å². The van der Waals surface area contributed by atoms with Gasteiger partial charge in [0.25, 0.3) is 0 Å². The van der Waals surface area contributed by atoms with Crippen molar-refractivity contribution in [2.75, 3.05) is 0 Å². The lowest BCUT2D eigenvalue weighted by Crippen LogP contribution is -2.53. The highest BCUT2D eigenvalue weighted by Crippen LogP contribution is 2.48. The highest BCUT2D eigenvalue weighted by Gasteiger charge is 2.53. The zero-order chi connectivity index (χ0) is 19.3. The number of carbonyl (C=O) groups excluding carboxylic acids is 1. The number of benzene rings is 1. The molecule has 2 bridgehead atoms. The topological polar surface area (TPSA) is 49.8 Å². The molecule has 0 radical (unpaired) electrons. The molecule has 0 saturated carbocycles. The summed E-state index contributed by atoms with van der Waals surface area (Å²) in [5.74, 6) is 0. The minimum atomic E-state index is -4.53. The summed E-state index contributed by atoms with van der Waals surface area (Å²) >= 11 is 0. The van der Waals surface area contributed by atoms with Crippen LogP contribution in [0.4, 0.5) is 18.0 Å². The molecule has 2 saturated heterocycles. The van der Waals surface area contributed by atoms with Crippen molar-refractivity contribution < 1.29 is 27.8 Å². The molecule has 26 heavy (non-hydrogen) atoms. The van der Waals surface area contributed by atoms with Gasteiger partial charge < -0.3 is 14.7 Å². The van der Waals surface area contributed by atoms with E-state index in [2.05, 4.69) is 0 Å². The average molecular weight is 371 g/mol. The first-order chi connectivity index (χ1) is 11.9. The minimum Gasteiger partial charge on any atom is -0.444 e. The second-order valence-electron chi connectivity index (χ2n) is 8.26. The number of halogens is 3. The van der Waals surface area contributed by atoms with E-state index in [1.54, 1.807) is 25.7 Å². The van der Waals surface area contributed by atoms with Crippen molar-refractivity contribution in [2.45, 2.75) is 75.9 Å². The predicted molar refractivity (Wildman–Crippen MR) is 89.5 cm³/mol. The van der Waals surface area contributed by atoms with Crippen molar-refractivity contribution in [1.82, 2.24) is 4.90 Å². The summed E-state index contributed by atoms with van der Waals surface area (Å²) in [4.78, 5) is 14.1. The molecule has 0 aromatic heterocycles. The largest absolute Gasteiger partial charge is 0.444 e. The zero-order valence-corrected chi connectivity index (χ0v) is 15.1. The van der Waals surface area contributed by atoms with E-state index in [1.165, 1.54) is 18.2 Å². The summed E-state index contributed by atoms with van der Waals surface area (Å²) in [5, 5.41) is 11.1. The molecule has 0 spiro atoms. The number of aliphatic hydroxyl groups is 1. The fourth-order valence-corrected chi connectivity index (χ4v) is 4.19. The maximum atomic E-state index is 13.4. The van der Waals surface area contributed by atoms with Crippen LogP contribution in [-0.2, 0) is 16.5 Å². The van der Waals surface area contributed by atoms with Crippen molar-refractivity contribution in [2.24, 2.45) is 0 Å². The highest BCUT2D eigenvalue weighted by atomic mass is 19.4. The van der Waals surface area contributed by atoms with Crippen LogP contribution in [0.15, 0.2) is 24.3 Å². The number of hydrogen-bond donors (Lipinski definition) is 1. The average Bonchev–Trinajstić information content (AvgIpc) is 2.78. The fourth-order valence-electron chi connectivity index (χ4n) is 4.19. The molecule has 2 heterocycles. The third-order valence-electron chi connectivity index (χ3n) is 5.10. The van der Waals surface area contributed by atoms with Crippen LogP contribution in [0.1, 0.15) is 57.6 Å². The minimum absolute atomic E-state index is 0.0792. The van der Waals surface area contributed by atoms with E-state index in [4.69, 9.17) is 4.74 Å². The van der Waals surface area contributed by atoms with E-state index < -0.39 is 29.0 Å². The Morgan fingerprint density at radius 1 is 1.15 bits per heavy atom. The predicted octanol–water partition coefficient (Wildman–Crippen LogP) is 4.45. The van der Waals surface area contributed by atoms with Gasteiger partial charge in [0.05, 0.1) is 11.2 Å². The zero-order valence-electron chi connectivity index (χ0n) is 15.1. The standard InChI is InChI=1S/C19H24F3NO3/c1-17(2,3)26-16(24)23-12-8-9-13(23)11-18(25,10-12)14-6-4-5-7-15(14)19(20,21)22/h4-7,12-13,25H,8-11H2,1-3H3. The van der Waals surface area contributed by atoms with E-state index in [1.807, 2.05) is 0 Å². The molecule has 1 amide bonds. The molecule has 2 unspecified atom stereocenters. The van der Waals surface area contributed by atoms with E-state index in [9.17, 15) is 23.1 Å². The van der Waals surface area contributed by atoms with Crippen LogP contribution in [0.5, 0.6) is 0 Å². The summed E-state index contributed by atoms with van der Waals surface area (Å²) in [6.07, 6.45) is -3.53. The monoisotopic (exact) mass is 371 g/mol. The van der Waals surface area contributed by atoms with Crippen molar-refractivity contribution in [3.05, 3.63) is 35.4 Å². The van der Waals surface area contributed by atoms with Crippen LogP contribution < -0.4 is 0 Å². The van der Waals surface area contributed by atoms with Gasteiger partial charge in [0.2, 0.25) is 0 Å². The number of amides is 1. The van der Waals surface area contributed by atoms with Gasteiger partial charge in [0.15, 0.2) is 0 Å². The van der Waals surface area contributed by atoms with Gasteiger partial charge in [-0.2, -0.15) is 13.2 Å². The number of alkyl halides is 3. The Bertz CT molecular complexity index is 682. The van der Waals surface area contributed by atoms with Crippen LogP contribution in [0, 0.1) is 0 Å². The number of rotatable bonds is 1. The molecule has 2 fully saturated rings. The number of hydrogen-bond acceptors (Lipinski definition) is 3. The normalized spacial score (nSPS) is 29.0. The molecule has 3 rings (SSSR count). The fraction of sp³-hybridized carbons (Fsp3) is 0.632. The Morgan fingerprint density at radius 2 is 1.69 bits per heavy atom. The molecule has 7 heteroatoms. The van der Waals surface area contributed by atoms with E-state index in [0.29, 0.717) is 12.8 Å². The maximum absolute atomic E-state index is 13.4. The number of nitrogens with zero attached hydrogens (tertiary/aromatic N) is 1. The van der Waals surface area contributed by atoms with Gasteiger partial charge in [0.1, 0.15) is 5.60 Å². The molecule has 4 nitrogen and oxygen atoms in total. The molecule has 1 aromatic carbocycles. The molecule has 2 atom stereocenters. The Balaban J connectivity index is 1.88. The van der Waals surface area contributed by atoms with Gasteiger partial charge in [-0.25, -0.2) is 4.79 Å². The molecule has 144 valence electrons. The number of piperidine rings is 1. The number of fused-ring (bicyclic) bond motifs is 2. The molecule has 2 aliphatic heterocycles. The lowest BCUT2D eigenvalue weighted by molar-refractivity contribution is -0.142. The van der Waals surface area contributed by atoms with Crippen molar-refractivity contribution in [1.29, 1.82) is 0 Å². The molecular formula is C19H24F3NO3. The highest BCUT2D eigenvalue weighted by molar-refractivity contribution is 5.70. The lowest BCUT2D eigenvalue weighted by atomic mass is 9.78. The third-order valence-corrected chi connectivity index (χ3v) is 5.10. The Labute approximate surface area is 150 Å². The third kappa shape index (κ3) is 3.54. The van der Waals surface area contributed by atoms with Crippen molar-refractivity contribution >= 4 is 6.09 Å². The first-order valence-corrected chi connectivity index (χ1v) is 8.81. The van der Waals surface area contributed by atoms with Gasteiger partial charge >= 0.3 is 12.3 Å². The summed E-state index contributed by atoms with van der Waals surface area (Å²) in [5.41, 5.74) is -3.16. The number of carbonyl (C=O) groups is 1. The van der Waals surface area contributed by atoms with E-state index >= 15 is 0 Å². The molecule has 0 aliphatic carbocycles.